The fraction of sp³-hybridized carbons (Fsp3) is 0.143. The summed E-state index contributed by atoms with van der Waals surface area (Å²) in [5.74, 6) is -2.98. The molecule has 0 saturated heterocycles. The maximum Gasteiger partial charge on any atom is 0.374 e. The molecule has 0 aliphatic rings. The van der Waals surface area contributed by atoms with Gasteiger partial charge in [-0.25, -0.2) is 13.6 Å². The molecule has 0 aromatic carbocycles. The summed E-state index contributed by atoms with van der Waals surface area (Å²) in [5, 5.41) is 18.5. The van der Waals surface area contributed by atoms with Crippen LogP contribution in [0.15, 0.2) is 6.07 Å². The van der Waals surface area contributed by atoms with Gasteiger partial charge in [0.2, 0.25) is 5.15 Å². The van der Waals surface area contributed by atoms with Crippen molar-refractivity contribution < 1.29 is 23.6 Å². The Morgan fingerprint density at radius 1 is 1.62 bits per heavy atom. The van der Waals surface area contributed by atoms with Crippen LogP contribution >= 0.6 is 11.6 Å². The fourth-order valence-corrected chi connectivity index (χ4v) is 1.23. The first-order valence-electron chi connectivity index (χ1n) is 3.71. The van der Waals surface area contributed by atoms with E-state index in [-0.39, 0.29) is 0 Å². The first kappa shape index (κ1) is 12.2. The largest absolute Gasteiger partial charge is 0.478 e. The van der Waals surface area contributed by atoms with E-state index in [1.54, 1.807) is 0 Å². The summed E-state index contributed by atoms with van der Waals surface area (Å²) in [6.45, 7) is 0. The van der Waals surface area contributed by atoms with Crippen molar-refractivity contribution >= 4 is 23.4 Å². The summed E-state index contributed by atoms with van der Waals surface area (Å²) in [4.78, 5) is 22.9. The molecule has 1 rings (SSSR count). The van der Waals surface area contributed by atoms with E-state index in [4.69, 9.17) is 16.7 Å². The van der Waals surface area contributed by atoms with Crippen LogP contribution in [0, 0.1) is 10.1 Å². The van der Waals surface area contributed by atoms with E-state index < -0.39 is 39.4 Å². The topological polar surface area (TPSA) is 93.3 Å². The number of carboxylic acid groups (broad SMARTS) is 1. The highest BCUT2D eigenvalue weighted by Gasteiger charge is 2.31. The van der Waals surface area contributed by atoms with Crippen molar-refractivity contribution in [3.63, 3.8) is 0 Å². The van der Waals surface area contributed by atoms with E-state index >= 15 is 0 Å². The highest BCUT2D eigenvalue weighted by atomic mass is 35.5. The summed E-state index contributed by atoms with van der Waals surface area (Å²) in [6, 6.07) is 0.637. The molecule has 1 heterocycles. The number of rotatable bonds is 3. The second kappa shape index (κ2) is 4.35. The van der Waals surface area contributed by atoms with Gasteiger partial charge in [0.15, 0.2) is 0 Å². The number of halogens is 3. The van der Waals surface area contributed by atoms with Crippen LogP contribution in [0.25, 0.3) is 0 Å². The molecule has 16 heavy (non-hydrogen) atoms. The number of nitro groups is 1. The molecule has 0 unspecified atom stereocenters. The molecule has 0 radical (unpaired) electrons. The smallest absolute Gasteiger partial charge is 0.374 e. The molecule has 1 aromatic heterocycles. The van der Waals surface area contributed by atoms with E-state index in [2.05, 4.69) is 4.98 Å². The molecule has 0 amide bonds. The summed E-state index contributed by atoms with van der Waals surface area (Å²) in [7, 11) is 0. The molecular weight excluding hydrogens is 250 g/mol. The Morgan fingerprint density at radius 3 is 2.56 bits per heavy atom. The minimum atomic E-state index is -3.32. The zero-order valence-electron chi connectivity index (χ0n) is 7.35. The lowest BCUT2D eigenvalue weighted by atomic mass is 10.1. The Labute approximate surface area is 91.6 Å². The summed E-state index contributed by atoms with van der Waals surface area (Å²) < 4.78 is 25.0. The van der Waals surface area contributed by atoms with Gasteiger partial charge in [0.05, 0.1) is 5.56 Å². The standard InChI is InChI=1S/C7H3ClF2N2O4/c8-3-1-2(7(13)14)4(5(9)10)6(11-3)12(15)16/h1,5H,(H,13,14). The van der Waals surface area contributed by atoms with Crippen molar-refractivity contribution in [3.05, 3.63) is 32.5 Å². The molecule has 1 aromatic rings. The van der Waals surface area contributed by atoms with E-state index in [0.29, 0.717) is 6.07 Å². The predicted octanol–water partition coefficient (Wildman–Crippen LogP) is 2.28. The van der Waals surface area contributed by atoms with Gasteiger partial charge in [-0.2, -0.15) is 0 Å². The highest BCUT2D eigenvalue weighted by Crippen LogP contribution is 2.32. The fourth-order valence-electron chi connectivity index (χ4n) is 1.04. The zero-order valence-corrected chi connectivity index (χ0v) is 8.11. The van der Waals surface area contributed by atoms with Gasteiger partial charge in [0, 0.05) is 6.07 Å². The number of nitrogens with zero attached hydrogens (tertiary/aromatic N) is 2. The Balaban J connectivity index is 3.60. The maximum atomic E-state index is 12.5. The third-order valence-corrected chi connectivity index (χ3v) is 1.82. The van der Waals surface area contributed by atoms with Gasteiger partial charge < -0.3 is 15.2 Å². The van der Waals surface area contributed by atoms with Gasteiger partial charge in [0.1, 0.15) is 5.56 Å². The Bertz CT molecular complexity index is 431. The molecule has 86 valence electrons. The second-order valence-electron chi connectivity index (χ2n) is 2.59. The van der Waals surface area contributed by atoms with E-state index in [1.807, 2.05) is 0 Å². The molecule has 0 aliphatic carbocycles. The molecule has 0 bridgehead atoms. The highest BCUT2D eigenvalue weighted by molar-refractivity contribution is 6.29. The summed E-state index contributed by atoms with van der Waals surface area (Å²) in [6.07, 6.45) is -3.32. The summed E-state index contributed by atoms with van der Waals surface area (Å²) >= 11 is 5.29. The predicted molar refractivity (Wildman–Crippen MR) is 47.8 cm³/mol. The van der Waals surface area contributed by atoms with Crippen LogP contribution in [0.1, 0.15) is 22.3 Å². The van der Waals surface area contributed by atoms with Gasteiger partial charge in [-0.05, 0) is 21.5 Å². The van der Waals surface area contributed by atoms with E-state index in [9.17, 15) is 23.7 Å². The second-order valence-corrected chi connectivity index (χ2v) is 2.98. The van der Waals surface area contributed by atoms with Crippen LogP contribution in [0.5, 0.6) is 0 Å². The molecule has 1 N–H and O–H groups in total. The Kier molecular flexibility index (Phi) is 3.33. The minimum absolute atomic E-state index is 0.534. The van der Waals surface area contributed by atoms with E-state index in [1.165, 1.54) is 0 Å². The van der Waals surface area contributed by atoms with Crippen molar-refractivity contribution in [2.75, 3.05) is 0 Å². The SMILES string of the molecule is O=C(O)c1cc(Cl)nc([N+](=O)[O-])c1C(F)F. The molecule has 0 spiro atoms. The van der Waals surface area contributed by atoms with Crippen LogP contribution < -0.4 is 0 Å². The minimum Gasteiger partial charge on any atom is -0.478 e. The lowest BCUT2D eigenvalue weighted by Gasteiger charge is -2.04. The quantitative estimate of drug-likeness (QED) is 0.506. The normalized spacial score (nSPS) is 10.5. The van der Waals surface area contributed by atoms with Crippen LogP contribution in [-0.2, 0) is 0 Å². The lowest BCUT2D eigenvalue weighted by molar-refractivity contribution is -0.391. The average molecular weight is 253 g/mol. The van der Waals surface area contributed by atoms with E-state index in [0.717, 1.165) is 0 Å². The number of aromatic carboxylic acids is 1. The van der Waals surface area contributed by atoms with Crippen LogP contribution in [0.3, 0.4) is 0 Å². The monoisotopic (exact) mass is 252 g/mol. The molecule has 9 heteroatoms. The van der Waals surface area contributed by atoms with Crippen molar-refractivity contribution in [1.29, 1.82) is 0 Å². The van der Waals surface area contributed by atoms with Crippen molar-refractivity contribution in [2.24, 2.45) is 0 Å². The average Bonchev–Trinajstić information content (AvgIpc) is 2.15. The van der Waals surface area contributed by atoms with Gasteiger partial charge in [-0.3, -0.25) is 0 Å². The van der Waals surface area contributed by atoms with Gasteiger partial charge >= 0.3 is 11.8 Å². The van der Waals surface area contributed by atoms with Crippen molar-refractivity contribution in [3.8, 4) is 0 Å². The molecule has 0 fully saturated rings. The van der Waals surface area contributed by atoms with Crippen molar-refractivity contribution in [1.82, 2.24) is 4.98 Å². The molecule has 0 saturated carbocycles. The maximum absolute atomic E-state index is 12.5. The molecule has 0 aliphatic heterocycles. The first-order chi connectivity index (χ1) is 7.34. The number of carbonyl (C=O) groups is 1. The van der Waals surface area contributed by atoms with Crippen molar-refractivity contribution in [2.45, 2.75) is 6.43 Å². The Hall–Kier alpha value is -1.83. The van der Waals surface area contributed by atoms with Crippen LogP contribution in [0.4, 0.5) is 14.6 Å². The van der Waals surface area contributed by atoms with Gasteiger partial charge in [-0.1, -0.05) is 0 Å². The number of carboxylic acids is 1. The molecular formula is C7H3ClF2N2O4. The zero-order chi connectivity index (χ0) is 12.5. The number of pyridine rings is 1. The number of hydrogen-bond donors (Lipinski definition) is 1. The molecule has 6 nitrogen and oxygen atoms in total. The molecule has 0 atom stereocenters. The van der Waals surface area contributed by atoms with Gasteiger partial charge in [0.25, 0.3) is 6.43 Å². The third-order valence-electron chi connectivity index (χ3n) is 1.63. The third kappa shape index (κ3) is 2.22. The number of aromatic nitrogens is 1. The number of hydrogen-bond acceptors (Lipinski definition) is 4. The first-order valence-corrected chi connectivity index (χ1v) is 4.08. The van der Waals surface area contributed by atoms with Crippen LogP contribution in [-0.4, -0.2) is 21.0 Å². The van der Waals surface area contributed by atoms with Crippen LogP contribution in [0.2, 0.25) is 5.15 Å². The lowest BCUT2D eigenvalue weighted by Crippen LogP contribution is -2.08. The summed E-state index contributed by atoms with van der Waals surface area (Å²) in [5.41, 5.74) is -2.18. The Morgan fingerprint density at radius 2 is 2.19 bits per heavy atom. The van der Waals surface area contributed by atoms with Gasteiger partial charge in [-0.15, -0.1) is 0 Å². The number of alkyl halides is 2.